The summed E-state index contributed by atoms with van der Waals surface area (Å²) in [5, 5.41) is 38.4. The highest BCUT2D eigenvalue weighted by atomic mass is 16.5. The Hall–Kier alpha value is -1.73. The lowest BCUT2D eigenvalue weighted by molar-refractivity contribution is -0.136. The first-order chi connectivity index (χ1) is 13.4. The van der Waals surface area contributed by atoms with E-state index in [4.69, 9.17) is 9.84 Å². The van der Waals surface area contributed by atoms with Gasteiger partial charge in [0.15, 0.2) is 0 Å². The second-order valence-electron chi connectivity index (χ2n) is 6.92. The molecule has 4 N–H and O–H groups in total. The molecule has 0 aromatic rings. The average Bonchev–Trinajstić information content (AvgIpc) is 3.04. The first-order valence-corrected chi connectivity index (χ1v) is 9.98. The van der Waals surface area contributed by atoms with Gasteiger partial charge in [-0.3, -0.25) is 4.79 Å². The van der Waals surface area contributed by atoms with Gasteiger partial charge in [-0.05, 0) is 32.1 Å². The Morgan fingerprint density at radius 3 is 2.32 bits per heavy atom. The third-order valence-electron chi connectivity index (χ3n) is 4.51. The number of carboxylic acids is 1. The molecule has 1 rings (SSSR count). The third-order valence-corrected chi connectivity index (χ3v) is 4.51. The van der Waals surface area contributed by atoms with Gasteiger partial charge in [0.25, 0.3) is 0 Å². The summed E-state index contributed by atoms with van der Waals surface area (Å²) in [6.07, 6.45) is 15.9. The van der Waals surface area contributed by atoms with Crippen molar-refractivity contribution in [2.45, 2.75) is 82.4 Å². The summed E-state index contributed by atoms with van der Waals surface area (Å²) in [5.74, 6) is -0.785. The molecule has 0 saturated carbocycles. The molecule has 1 aliphatic heterocycles. The van der Waals surface area contributed by atoms with Crippen molar-refractivity contribution in [2.75, 3.05) is 0 Å². The summed E-state index contributed by atoms with van der Waals surface area (Å²) in [6, 6.07) is 0. The minimum atomic E-state index is -0.837. The molecule has 0 aromatic heterocycles. The normalized spacial score (nSPS) is 25.5. The maximum atomic E-state index is 10.3. The molecule has 1 heterocycles. The zero-order valence-electron chi connectivity index (χ0n) is 16.6. The molecule has 0 unspecified atom stereocenters. The first kappa shape index (κ1) is 24.3. The van der Waals surface area contributed by atoms with Crippen LogP contribution in [0.1, 0.15) is 51.9 Å². The molecule has 5 atom stereocenters. The fourth-order valence-corrected chi connectivity index (χ4v) is 2.90. The van der Waals surface area contributed by atoms with Crippen LogP contribution in [0.3, 0.4) is 0 Å². The topological polar surface area (TPSA) is 107 Å². The summed E-state index contributed by atoms with van der Waals surface area (Å²) in [5.41, 5.74) is 0. The van der Waals surface area contributed by atoms with Crippen LogP contribution in [0.15, 0.2) is 48.6 Å². The highest BCUT2D eigenvalue weighted by molar-refractivity contribution is 5.66. The molecule has 0 amide bonds. The van der Waals surface area contributed by atoms with Gasteiger partial charge in [0.1, 0.15) is 0 Å². The van der Waals surface area contributed by atoms with Crippen LogP contribution in [-0.2, 0) is 9.53 Å². The van der Waals surface area contributed by atoms with Crippen LogP contribution in [0.25, 0.3) is 0 Å². The van der Waals surface area contributed by atoms with E-state index >= 15 is 0 Å². The van der Waals surface area contributed by atoms with Crippen molar-refractivity contribution in [3.8, 4) is 0 Å². The van der Waals surface area contributed by atoms with Gasteiger partial charge in [-0.15, -0.1) is 0 Å². The predicted molar refractivity (Wildman–Crippen MR) is 109 cm³/mol. The van der Waals surface area contributed by atoms with Gasteiger partial charge >= 0.3 is 5.97 Å². The van der Waals surface area contributed by atoms with Crippen molar-refractivity contribution < 1.29 is 30.0 Å². The Balaban J connectivity index is 2.16. The number of carbonyl (C=O) groups is 1. The van der Waals surface area contributed by atoms with E-state index in [1.54, 1.807) is 6.08 Å². The van der Waals surface area contributed by atoms with Crippen LogP contribution in [0.5, 0.6) is 0 Å². The molecular weight excluding hydrogens is 360 g/mol. The van der Waals surface area contributed by atoms with E-state index in [0.29, 0.717) is 25.7 Å². The van der Waals surface area contributed by atoms with Crippen LogP contribution >= 0.6 is 0 Å². The lowest BCUT2D eigenvalue weighted by Gasteiger charge is -2.16. The first-order valence-electron chi connectivity index (χ1n) is 9.98. The number of aliphatic carboxylic acids is 1. The number of aliphatic hydroxyl groups excluding tert-OH is 3. The number of allylic oxidation sites excluding steroid dienone is 5. The zero-order chi connectivity index (χ0) is 20.8. The molecule has 0 aliphatic carbocycles. The molecule has 0 spiro atoms. The summed E-state index contributed by atoms with van der Waals surface area (Å²) in [4.78, 5) is 10.3. The summed E-state index contributed by atoms with van der Waals surface area (Å²) < 4.78 is 5.61. The quantitative estimate of drug-likeness (QED) is 0.358. The van der Waals surface area contributed by atoms with Gasteiger partial charge in [-0.1, -0.05) is 55.5 Å². The van der Waals surface area contributed by atoms with E-state index in [1.165, 1.54) is 6.08 Å². The lowest BCUT2D eigenvalue weighted by Crippen LogP contribution is -2.24. The molecule has 6 nitrogen and oxygen atoms in total. The largest absolute Gasteiger partial charge is 0.481 e. The number of hydrogen-bond acceptors (Lipinski definition) is 5. The van der Waals surface area contributed by atoms with Crippen molar-refractivity contribution >= 4 is 5.97 Å². The van der Waals surface area contributed by atoms with Crippen LogP contribution in [0.2, 0.25) is 0 Å². The number of rotatable bonds is 13. The molecule has 1 aliphatic rings. The van der Waals surface area contributed by atoms with Gasteiger partial charge in [-0.2, -0.15) is 0 Å². The number of ether oxygens (including phenoxy) is 1. The lowest BCUT2D eigenvalue weighted by atomic mass is 10.1. The monoisotopic (exact) mass is 394 g/mol. The minimum Gasteiger partial charge on any atom is -0.481 e. The van der Waals surface area contributed by atoms with Gasteiger partial charge in [-0.25, -0.2) is 0 Å². The third kappa shape index (κ3) is 10.6. The standard InChI is InChI=1S/C22H34O6/c1-2-20-19(25)16-21(28-20)18(24)15-14-17(23)12-10-8-6-4-3-5-7-9-11-13-22(26)27/h3-4,7-10,14-15,17-21,23-25H,2,5-6,11-13,16H2,1H3,(H,26,27)/b4-3-,9-7-,10-8-,15-14+/t17-,18-,19+,20-,21-/m1/s1. The van der Waals surface area contributed by atoms with E-state index < -0.39 is 30.4 Å². The highest BCUT2D eigenvalue weighted by Crippen LogP contribution is 2.25. The van der Waals surface area contributed by atoms with E-state index in [-0.39, 0.29) is 12.5 Å². The summed E-state index contributed by atoms with van der Waals surface area (Å²) >= 11 is 0. The molecule has 1 fully saturated rings. The summed E-state index contributed by atoms with van der Waals surface area (Å²) in [7, 11) is 0. The summed E-state index contributed by atoms with van der Waals surface area (Å²) in [6.45, 7) is 1.93. The van der Waals surface area contributed by atoms with Gasteiger partial charge in [0, 0.05) is 12.8 Å². The number of carboxylic acid groups (broad SMARTS) is 1. The van der Waals surface area contributed by atoms with E-state index in [2.05, 4.69) is 0 Å². The second-order valence-corrected chi connectivity index (χ2v) is 6.92. The number of hydrogen-bond donors (Lipinski definition) is 4. The van der Waals surface area contributed by atoms with Crippen LogP contribution < -0.4 is 0 Å². The molecule has 28 heavy (non-hydrogen) atoms. The van der Waals surface area contributed by atoms with Crippen LogP contribution in [-0.4, -0.2) is 56.9 Å². The molecule has 0 bridgehead atoms. The van der Waals surface area contributed by atoms with Crippen molar-refractivity contribution in [1.82, 2.24) is 0 Å². The Kier molecular flexibility index (Phi) is 12.4. The van der Waals surface area contributed by atoms with Crippen molar-refractivity contribution in [3.63, 3.8) is 0 Å². The molecule has 158 valence electrons. The minimum absolute atomic E-state index is 0.158. The SMILES string of the molecule is CC[C@H]1O[C@@H]([C@H](O)/C=C/[C@H](O)C/C=C\C/C=C\C/C=C\CCC(=O)O)C[C@@H]1O. The Morgan fingerprint density at radius 2 is 1.71 bits per heavy atom. The van der Waals surface area contributed by atoms with Crippen LogP contribution in [0.4, 0.5) is 0 Å². The Bertz CT molecular complexity index is 551. The fraction of sp³-hybridized carbons (Fsp3) is 0.591. The van der Waals surface area contributed by atoms with E-state index in [0.717, 1.165) is 12.8 Å². The number of aliphatic hydroxyl groups is 3. The van der Waals surface area contributed by atoms with Gasteiger partial charge < -0.3 is 25.2 Å². The predicted octanol–water partition coefficient (Wildman–Crippen LogP) is 2.90. The van der Waals surface area contributed by atoms with Gasteiger partial charge in [0.05, 0.1) is 30.5 Å². The van der Waals surface area contributed by atoms with Crippen molar-refractivity contribution in [2.24, 2.45) is 0 Å². The fourth-order valence-electron chi connectivity index (χ4n) is 2.90. The van der Waals surface area contributed by atoms with Crippen molar-refractivity contribution in [1.29, 1.82) is 0 Å². The molecule has 1 saturated heterocycles. The molecule has 6 heteroatoms. The van der Waals surface area contributed by atoms with E-state index in [1.807, 2.05) is 43.4 Å². The highest BCUT2D eigenvalue weighted by Gasteiger charge is 2.35. The second kappa shape index (κ2) is 14.3. The smallest absolute Gasteiger partial charge is 0.303 e. The maximum absolute atomic E-state index is 10.3. The Labute approximate surface area is 167 Å². The molecule has 0 aromatic carbocycles. The van der Waals surface area contributed by atoms with Gasteiger partial charge in [0.2, 0.25) is 0 Å². The van der Waals surface area contributed by atoms with E-state index in [9.17, 15) is 20.1 Å². The van der Waals surface area contributed by atoms with Crippen molar-refractivity contribution in [3.05, 3.63) is 48.6 Å². The zero-order valence-corrected chi connectivity index (χ0v) is 16.6. The maximum Gasteiger partial charge on any atom is 0.303 e. The molecular formula is C22H34O6. The molecule has 0 radical (unpaired) electrons. The Morgan fingerprint density at radius 1 is 1.07 bits per heavy atom. The average molecular weight is 395 g/mol. The van der Waals surface area contributed by atoms with Crippen LogP contribution in [0, 0.1) is 0 Å².